The van der Waals surface area contributed by atoms with Crippen LogP contribution in [-0.4, -0.2) is 42.5 Å². The van der Waals surface area contributed by atoms with Crippen molar-refractivity contribution < 1.29 is 9.59 Å². The summed E-state index contributed by atoms with van der Waals surface area (Å²) in [5.41, 5.74) is 0. The average Bonchev–Trinajstić information content (AvgIpc) is 2.45. The fourth-order valence-corrected chi connectivity index (χ4v) is 2.34. The van der Waals surface area contributed by atoms with Crippen LogP contribution in [0.5, 0.6) is 0 Å². The molecule has 0 radical (unpaired) electrons. The Morgan fingerprint density at radius 1 is 1.10 bits per heavy atom. The van der Waals surface area contributed by atoms with Gasteiger partial charge in [-0.15, -0.1) is 13.2 Å². The zero-order chi connectivity index (χ0) is 14.8. The molecule has 0 atom stereocenters. The molecule has 1 rings (SSSR count). The van der Waals surface area contributed by atoms with E-state index in [2.05, 4.69) is 23.8 Å². The second-order valence-corrected chi connectivity index (χ2v) is 5.04. The number of amides is 3. The van der Waals surface area contributed by atoms with Gasteiger partial charge in [0.1, 0.15) is 0 Å². The summed E-state index contributed by atoms with van der Waals surface area (Å²) in [6.45, 7) is 8.13. The Labute approximate surface area is 121 Å². The smallest absolute Gasteiger partial charge is 0.315 e. The fraction of sp³-hybridized carbons (Fsp3) is 0.600. The summed E-state index contributed by atoms with van der Waals surface area (Å²) < 4.78 is 0. The molecule has 0 aliphatic heterocycles. The Balaban J connectivity index is 2.29. The van der Waals surface area contributed by atoms with Crippen LogP contribution >= 0.6 is 0 Å². The summed E-state index contributed by atoms with van der Waals surface area (Å²) in [6.07, 6.45) is 8.94. The lowest BCUT2D eigenvalue weighted by atomic mass is 9.96. The summed E-state index contributed by atoms with van der Waals surface area (Å²) in [6, 6.07) is -0.0151. The second-order valence-electron chi connectivity index (χ2n) is 5.04. The monoisotopic (exact) mass is 279 g/mol. The van der Waals surface area contributed by atoms with E-state index in [1.807, 2.05) is 0 Å². The molecular weight excluding hydrogens is 254 g/mol. The first-order valence-electron chi connectivity index (χ1n) is 7.21. The maximum atomic E-state index is 11.9. The Kier molecular flexibility index (Phi) is 7.47. The highest BCUT2D eigenvalue weighted by atomic mass is 16.2. The standard InChI is InChI=1S/C15H25N3O2/c1-3-10-18(11-4-2)14(19)12-16-15(20)17-13-8-6-5-7-9-13/h3-4,13H,1-2,5-12H2,(H2,16,17,20). The van der Waals surface area contributed by atoms with Crippen molar-refractivity contribution in [3.63, 3.8) is 0 Å². The van der Waals surface area contributed by atoms with E-state index in [0.29, 0.717) is 13.1 Å². The van der Waals surface area contributed by atoms with Crippen molar-refractivity contribution >= 4 is 11.9 Å². The number of hydrogen-bond donors (Lipinski definition) is 2. The van der Waals surface area contributed by atoms with Gasteiger partial charge in [0.2, 0.25) is 5.91 Å². The van der Waals surface area contributed by atoms with Gasteiger partial charge in [-0.3, -0.25) is 4.79 Å². The molecule has 3 amide bonds. The molecule has 0 unspecified atom stereocenters. The van der Waals surface area contributed by atoms with Gasteiger partial charge < -0.3 is 15.5 Å². The van der Waals surface area contributed by atoms with Gasteiger partial charge in [-0.1, -0.05) is 31.4 Å². The predicted molar refractivity (Wildman–Crippen MR) is 80.4 cm³/mol. The second kappa shape index (κ2) is 9.18. The van der Waals surface area contributed by atoms with Gasteiger partial charge in [-0.2, -0.15) is 0 Å². The van der Waals surface area contributed by atoms with Crippen LogP contribution in [0.1, 0.15) is 32.1 Å². The zero-order valence-electron chi connectivity index (χ0n) is 12.1. The zero-order valence-corrected chi connectivity index (χ0v) is 12.1. The molecule has 1 aliphatic rings. The molecule has 0 heterocycles. The van der Waals surface area contributed by atoms with Crippen LogP contribution < -0.4 is 10.6 Å². The van der Waals surface area contributed by atoms with E-state index < -0.39 is 0 Å². The topological polar surface area (TPSA) is 61.4 Å². The molecule has 0 spiro atoms. The van der Waals surface area contributed by atoms with Crippen LogP contribution in [0.2, 0.25) is 0 Å². The van der Waals surface area contributed by atoms with E-state index >= 15 is 0 Å². The van der Waals surface area contributed by atoms with Crippen molar-refractivity contribution in [1.82, 2.24) is 15.5 Å². The minimum Gasteiger partial charge on any atom is -0.335 e. The lowest BCUT2D eigenvalue weighted by molar-refractivity contribution is -0.129. The molecule has 0 saturated heterocycles. The van der Waals surface area contributed by atoms with E-state index in [1.165, 1.54) is 6.42 Å². The van der Waals surface area contributed by atoms with Crippen molar-refractivity contribution in [2.75, 3.05) is 19.6 Å². The van der Waals surface area contributed by atoms with Gasteiger partial charge >= 0.3 is 6.03 Å². The highest BCUT2D eigenvalue weighted by Crippen LogP contribution is 2.16. The minimum absolute atomic E-state index is 0.000231. The third kappa shape index (κ3) is 5.91. The molecule has 1 fully saturated rings. The van der Waals surface area contributed by atoms with Crippen molar-refractivity contribution in [2.24, 2.45) is 0 Å². The Morgan fingerprint density at radius 2 is 1.70 bits per heavy atom. The molecule has 0 aromatic heterocycles. The molecule has 5 heteroatoms. The minimum atomic E-state index is -0.262. The molecule has 1 aliphatic carbocycles. The first kappa shape index (κ1) is 16.3. The number of urea groups is 1. The quantitative estimate of drug-likeness (QED) is 0.698. The van der Waals surface area contributed by atoms with Crippen molar-refractivity contribution in [1.29, 1.82) is 0 Å². The Hall–Kier alpha value is -1.78. The number of nitrogens with zero attached hydrogens (tertiary/aromatic N) is 1. The van der Waals surface area contributed by atoms with Crippen LogP contribution in [-0.2, 0) is 4.79 Å². The van der Waals surface area contributed by atoms with Crippen LogP contribution in [0.4, 0.5) is 4.79 Å². The lowest BCUT2D eigenvalue weighted by Crippen LogP contribution is -2.47. The summed E-state index contributed by atoms with van der Waals surface area (Å²) in [7, 11) is 0. The van der Waals surface area contributed by atoms with E-state index in [4.69, 9.17) is 0 Å². The molecule has 20 heavy (non-hydrogen) atoms. The SMILES string of the molecule is C=CCN(CC=C)C(=O)CNC(=O)NC1CCCCC1. The van der Waals surface area contributed by atoms with Crippen molar-refractivity contribution in [3.05, 3.63) is 25.3 Å². The summed E-state index contributed by atoms with van der Waals surface area (Å²) in [4.78, 5) is 25.2. The molecular formula is C15H25N3O2. The average molecular weight is 279 g/mol. The van der Waals surface area contributed by atoms with Crippen LogP contribution in [0.3, 0.4) is 0 Å². The number of rotatable bonds is 7. The predicted octanol–water partition coefficient (Wildman–Crippen LogP) is 1.82. The molecule has 0 aromatic carbocycles. The van der Waals surface area contributed by atoms with E-state index in [-0.39, 0.29) is 24.5 Å². The van der Waals surface area contributed by atoms with Gasteiger partial charge in [-0.05, 0) is 12.8 Å². The fourth-order valence-electron chi connectivity index (χ4n) is 2.34. The maximum absolute atomic E-state index is 11.9. The lowest BCUT2D eigenvalue weighted by Gasteiger charge is -2.23. The van der Waals surface area contributed by atoms with Crippen LogP contribution in [0.15, 0.2) is 25.3 Å². The Bertz CT molecular complexity index is 339. The van der Waals surface area contributed by atoms with Gasteiger partial charge in [-0.25, -0.2) is 4.79 Å². The van der Waals surface area contributed by atoms with Gasteiger partial charge in [0.05, 0.1) is 6.54 Å². The molecule has 0 bridgehead atoms. The summed E-state index contributed by atoms with van der Waals surface area (Å²) >= 11 is 0. The molecule has 0 aromatic rings. The molecule has 5 nitrogen and oxygen atoms in total. The molecule has 1 saturated carbocycles. The first-order chi connectivity index (χ1) is 9.67. The van der Waals surface area contributed by atoms with Crippen molar-refractivity contribution in [3.8, 4) is 0 Å². The van der Waals surface area contributed by atoms with E-state index in [9.17, 15) is 9.59 Å². The Morgan fingerprint density at radius 3 is 2.25 bits per heavy atom. The highest BCUT2D eigenvalue weighted by Gasteiger charge is 2.16. The molecule has 112 valence electrons. The third-order valence-corrected chi connectivity index (χ3v) is 3.39. The van der Waals surface area contributed by atoms with Crippen molar-refractivity contribution in [2.45, 2.75) is 38.1 Å². The maximum Gasteiger partial charge on any atom is 0.315 e. The van der Waals surface area contributed by atoms with Gasteiger partial charge in [0, 0.05) is 19.1 Å². The number of carbonyl (C=O) groups is 2. The number of nitrogens with one attached hydrogen (secondary N) is 2. The van der Waals surface area contributed by atoms with Gasteiger partial charge in [0.15, 0.2) is 0 Å². The van der Waals surface area contributed by atoms with Crippen LogP contribution in [0, 0.1) is 0 Å². The number of carbonyl (C=O) groups excluding carboxylic acids is 2. The summed E-state index contributed by atoms with van der Waals surface area (Å²) in [5, 5.41) is 5.53. The highest BCUT2D eigenvalue weighted by molar-refractivity contribution is 5.84. The first-order valence-corrected chi connectivity index (χ1v) is 7.21. The normalized spacial score (nSPS) is 15.2. The molecule has 2 N–H and O–H groups in total. The van der Waals surface area contributed by atoms with Crippen LogP contribution in [0.25, 0.3) is 0 Å². The number of hydrogen-bond acceptors (Lipinski definition) is 2. The third-order valence-electron chi connectivity index (χ3n) is 3.39. The van der Waals surface area contributed by atoms with E-state index in [0.717, 1.165) is 25.7 Å². The largest absolute Gasteiger partial charge is 0.335 e. The van der Waals surface area contributed by atoms with Gasteiger partial charge in [0.25, 0.3) is 0 Å². The van der Waals surface area contributed by atoms with E-state index in [1.54, 1.807) is 17.1 Å². The summed E-state index contributed by atoms with van der Waals surface area (Å²) in [5.74, 6) is -0.136.